The first-order chi connectivity index (χ1) is 15.0. The molecule has 12 heteroatoms. The van der Waals surface area contributed by atoms with Crippen LogP contribution in [-0.2, 0) is 10.9 Å². The van der Waals surface area contributed by atoms with Crippen molar-refractivity contribution in [3.63, 3.8) is 0 Å². The van der Waals surface area contributed by atoms with Crippen molar-refractivity contribution in [2.75, 3.05) is 13.1 Å². The van der Waals surface area contributed by atoms with Crippen LogP contribution in [0.25, 0.3) is 0 Å². The van der Waals surface area contributed by atoms with Gasteiger partial charge in [0.1, 0.15) is 10.6 Å². The van der Waals surface area contributed by atoms with Crippen LogP contribution in [0.15, 0.2) is 12.1 Å². The third kappa shape index (κ3) is 6.49. The largest absolute Gasteiger partial charge is 0.444 e. The van der Waals surface area contributed by atoms with E-state index in [1.54, 1.807) is 34.6 Å². The molecule has 0 radical (unpaired) electrons. The molecule has 1 aromatic carbocycles. The van der Waals surface area contributed by atoms with Gasteiger partial charge in [0.05, 0.1) is 22.1 Å². The number of carbonyl (C=O) groups excluding carboxylic acids is 2. The van der Waals surface area contributed by atoms with E-state index in [0.717, 1.165) is 0 Å². The maximum atomic E-state index is 13.7. The molecular weight excluding hydrogens is 467 g/mol. The number of nitrogens with zero attached hydrogens (tertiary/aromatic N) is 3. The van der Waals surface area contributed by atoms with Gasteiger partial charge in [0, 0.05) is 25.2 Å². The van der Waals surface area contributed by atoms with Gasteiger partial charge in [-0.3, -0.25) is 14.9 Å². The van der Waals surface area contributed by atoms with Crippen molar-refractivity contribution in [3.8, 4) is 0 Å². The number of amides is 2. The molecule has 1 fully saturated rings. The molecule has 0 aliphatic carbocycles. The van der Waals surface area contributed by atoms with Gasteiger partial charge in [0.2, 0.25) is 0 Å². The Morgan fingerprint density at radius 1 is 1.27 bits per heavy atom. The van der Waals surface area contributed by atoms with E-state index in [1.807, 2.05) is 0 Å². The normalized spacial score (nSPS) is 17.2. The Labute approximate surface area is 194 Å². The number of rotatable bonds is 4. The van der Waals surface area contributed by atoms with Gasteiger partial charge in [-0.2, -0.15) is 13.2 Å². The molecule has 1 aliphatic heterocycles. The average Bonchev–Trinajstić information content (AvgIpc) is 2.65. The number of nitro benzene ring substituents is 1. The summed E-state index contributed by atoms with van der Waals surface area (Å²) >= 11 is 5.68. The lowest BCUT2D eigenvalue weighted by Crippen LogP contribution is -2.54. The standard InChI is InChI=1S/C21H27ClF3N3O5/c1-12(2)27(13-7-6-8-26(11-13)19(30)33-20(3,4)5)18(29)14-9-17(28(31)32)16(22)10-15(14)21(23,24)25/h9-10,12-13H,6-8,11H2,1-5H3. The fourth-order valence-corrected chi connectivity index (χ4v) is 3.98. The number of ether oxygens (including phenoxy) is 1. The van der Waals surface area contributed by atoms with Crippen molar-refractivity contribution in [2.24, 2.45) is 0 Å². The number of hydrogen-bond acceptors (Lipinski definition) is 5. The highest BCUT2D eigenvalue weighted by Gasteiger charge is 2.41. The fraction of sp³-hybridized carbons (Fsp3) is 0.619. The molecule has 0 N–H and O–H groups in total. The highest BCUT2D eigenvalue weighted by atomic mass is 35.5. The molecule has 8 nitrogen and oxygen atoms in total. The molecule has 33 heavy (non-hydrogen) atoms. The van der Waals surface area contributed by atoms with Crippen LogP contribution in [0.2, 0.25) is 5.02 Å². The molecule has 0 bridgehead atoms. The quantitative estimate of drug-likeness (QED) is 0.407. The van der Waals surface area contributed by atoms with Gasteiger partial charge >= 0.3 is 12.3 Å². The predicted octanol–water partition coefficient (Wildman–Crippen LogP) is 5.52. The van der Waals surface area contributed by atoms with Gasteiger partial charge in [-0.25, -0.2) is 4.79 Å². The summed E-state index contributed by atoms with van der Waals surface area (Å²) in [5.41, 5.74) is -3.74. The van der Waals surface area contributed by atoms with Gasteiger partial charge < -0.3 is 14.5 Å². The molecule has 0 aromatic heterocycles. The molecule has 1 saturated heterocycles. The molecule has 1 atom stereocenters. The van der Waals surface area contributed by atoms with Crippen LogP contribution >= 0.6 is 11.6 Å². The van der Waals surface area contributed by atoms with Gasteiger partial charge in [-0.15, -0.1) is 0 Å². The molecule has 1 unspecified atom stereocenters. The minimum atomic E-state index is -4.96. The van der Waals surface area contributed by atoms with Crippen molar-refractivity contribution < 1.29 is 32.4 Å². The monoisotopic (exact) mass is 493 g/mol. The van der Waals surface area contributed by atoms with Crippen LogP contribution in [0, 0.1) is 10.1 Å². The maximum absolute atomic E-state index is 13.7. The van der Waals surface area contributed by atoms with Crippen molar-refractivity contribution in [1.82, 2.24) is 9.80 Å². The first-order valence-corrected chi connectivity index (χ1v) is 10.8. The third-order valence-corrected chi connectivity index (χ3v) is 5.35. The number of piperidine rings is 1. The van der Waals surface area contributed by atoms with Crippen molar-refractivity contribution >= 4 is 29.3 Å². The summed E-state index contributed by atoms with van der Waals surface area (Å²) in [4.78, 5) is 38.8. The number of halogens is 4. The van der Waals surface area contributed by atoms with Crippen LogP contribution in [0.5, 0.6) is 0 Å². The van der Waals surface area contributed by atoms with E-state index in [9.17, 15) is 32.9 Å². The molecule has 0 spiro atoms. The Morgan fingerprint density at radius 3 is 2.36 bits per heavy atom. The Kier molecular flexibility index (Phi) is 7.88. The van der Waals surface area contributed by atoms with E-state index in [1.165, 1.54) is 9.80 Å². The highest BCUT2D eigenvalue weighted by Crippen LogP contribution is 2.39. The molecule has 1 heterocycles. The summed E-state index contributed by atoms with van der Waals surface area (Å²) in [5.74, 6) is -1.02. The van der Waals surface area contributed by atoms with E-state index in [-0.39, 0.29) is 6.54 Å². The van der Waals surface area contributed by atoms with Crippen LogP contribution in [0.1, 0.15) is 63.4 Å². The number of nitro groups is 1. The van der Waals surface area contributed by atoms with Crippen LogP contribution in [-0.4, -0.2) is 57.5 Å². The molecular formula is C21H27ClF3N3O5. The van der Waals surface area contributed by atoms with E-state index in [4.69, 9.17) is 16.3 Å². The Hall–Kier alpha value is -2.56. The minimum absolute atomic E-state index is 0.0653. The summed E-state index contributed by atoms with van der Waals surface area (Å²) in [5, 5.41) is 10.5. The number of alkyl halides is 3. The number of carbonyl (C=O) groups is 2. The van der Waals surface area contributed by atoms with Gasteiger partial charge in [-0.05, 0) is 53.5 Å². The molecule has 1 aliphatic rings. The van der Waals surface area contributed by atoms with E-state index in [2.05, 4.69) is 0 Å². The van der Waals surface area contributed by atoms with E-state index < -0.39 is 62.6 Å². The Balaban J connectivity index is 2.46. The van der Waals surface area contributed by atoms with Crippen molar-refractivity contribution in [3.05, 3.63) is 38.4 Å². The summed E-state index contributed by atoms with van der Waals surface area (Å²) < 4.78 is 46.4. The minimum Gasteiger partial charge on any atom is -0.444 e. The second-order valence-corrected chi connectivity index (χ2v) is 9.54. The van der Waals surface area contributed by atoms with Crippen LogP contribution in [0.3, 0.4) is 0 Å². The maximum Gasteiger partial charge on any atom is 0.417 e. The van der Waals surface area contributed by atoms with Gasteiger partial charge in [-0.1, -0.05) is 11.6 Å². The highest BCUT2D eigenvalue weighted by molar-refractivity contribution is 6.33. The summed E-state index contributed by atoms with van der Waals surface area (Å²) in [6.45, 7) is 8.83. The number of benzene rings is 1. The topological polar surface area (TPSA) is 93.0 Å². The molecule has 2 rings (SSSR count). The zero-order valence-corrected chi connectivity index (χ0v) is 19.8. The number of likely N-dealkylation sites (tertiary alicyclic amines) is 1. The molecule has 1 aromatic rings. The number of hydrogen-bond donors (Lipinski definition) is 0. The van der Waals surface area contributed by atoms with Crippen molar-refractivity contribution in [2.45, 2.75) is 71.3 Å². The Bertz CT molecular complexity index is 931. The zero-order valence-electron chi connectivity index (χ0n) is 19.0. The van der Waals surface area contributed by atoms with Crippen molar-refractivity contribution in [1.29, 1.82) is 0 Å². The van der Waals surface area contributed by atoms with Gasteiger partial charge in [0.25, 0.3) is 11.6 Å². The van der Waals surface area contributed by atoms with E-state index in [0.29, 0.717) is 31.5 Å². The first-order valence-electron chi connectivity index (χ1n) is 10.4. The van der Waals surface area contributed by atoms with Gasteiger partial charge in [0.15, 0.2) is 0 Å². The second kappa shape index (κ2) is 9.74. The van der Waals surface area contributed by atoms with Crippen LogP contribution < -0.4 is 0 Å². The second-order valence-electron chi connectivity index (χ2n) is 9.13. The Morgan fingerprint density at radius 2 is 1.88 bits per heavy atom. The smallest absolute Gasteiger partial charge is 0.417 e. The molecule has 2 amide bonds. The lowest BCUT2D eigenvalue weighted by Gasteiger charge is -2.41. The lowest BCUT2D eigenvalue weighted by molar-refractivity contribution is -0.384. The zero-order chi connectivity index (χ0) is 25.3. The summed E-state index contributed by atoms with van der Waals surface area (Å²) in [7, 11) is 0. The predicted molar refractivity (Wildman–Crippen MR) is 115 cm³/mol. The SMILES string of the molecule is CC(C)N(C(=O)c1cc([N+](=O)[O-])c(Cl)cc1C(F)(F)F)C1CCCN(C(=O)OC(C)(C)C)C1. The first kappa shape index (κ1) is 26.7. The van der Waals surface area contributed by atoms with E-state index >= 15 is 0 Å². The molecule has 0 saturated carbocycles. The summed E-state index contributed by atoms with van der Waals surface area (Å²) in [6.07, 6.45) is -4.59. The van der Waals surface area contributed by atoms with Crippen LogP contribution in [0.4, 0.5) is 23.7 Å². The molecule has 184 valence electrons. The average molecular weight is 494 g/mol. The fourth-order valence-electron chi connectivity index (χ4n) is 3.75. The lowest BCUT2D eigenvalue weighted by atomic mass is 9.99. The summed E-state index contributed by atoms with van der Waals surface area (Å²) in [6, 6.07) is -0.178. The third-order valence-electron chi connectivity index (χ3n) is 5.05.